The van der Waals surface area contributed by atoms with Crippen molar-refractivity contribution in [2.45, 2.75) is 38.9 Å². The molecule has 2 N–H and O–H groups in total. The molecule has 2 saturated heterocycles. The van der Waals surface area contributed by atoms with Crippen LogP contribution in [0.2, 0.25) is 0 Å². The molecule has 0 radical (unpaired) electrons. The van der Waals surface area contributed by atoms with E-state index >= 15 is 0 Å². The van der Waals surface area contributed by atoms with Crippen LogP contribution in [-0.4, -0.2) is 56.5 Å². The number of nitrogens with two attached hydrogens (primary N) is 1. The summed E-state index contributed by atoms with van der Waals surface area (Å²) in [6.45, 7) is 9.85. The molecule has 0 amide bonds. The van der Waals surface area contributed by atoms with Gasteiger partial charge in [0.1, 0.15) is 0 Å². The maximum atomic E-state index is 5.99. The summed E-state index contributed by atoms with van der Waals surface area (Å²) in [6, 6.07) is 0. The maximum absolute atomic E-state index is 5.99. The van der Waals surface area contributed by atoms with E-state index in [1.165, 1.54) is 6.42 Å². The Labute approximate surface area is 104 Å². The molecule has 2 aliphatic rings. The van der Waals surface area contributed by atoms with Gasteiger partial charge in [0.2, 0.25) is 0 Å². The van der Waals surface area contributed by atoms with Crippen LogP contribution >= 0.6 is 0 Å². The summed E-state index contributed by atoms with van der Waals surface area (Å²) in [7, 11) is 0. The molecule has 17 heavy (non-hydrogen) atoms. The van der Waals surface area contributed by atoms with Crippen LogP contribution in [0.4, 0.5) is 0 Å². The van der Waals surface area contributed by atoms with E-state index in [0.29, 0.717) is 12.2 Å². The lowest BCUT2D eigenvalue weighted by Crippen LogP contribution is -2.53. The van der Waals surface area contributed by atoms with Crippen molar-refractivity contribution in [3.05, 3.63) is 0 Å². The van der Waals surface area contributed by atoms with Gasteiger partial charge in [-0.15, -0.1) is 0 Å². The fourth-order valence-electron chi connectivity index (χ4n) is 3.15. The second-order valence-corrected chi connectivity index (χ2v) is 5.81. The molecule has 4 nitrogen and oxygen atoms in total. The molecule has 0 aromatic heterocycles. The van der Waals surface area contributed by atoms with Crippen molar-refractivity contribution in [3.8, 4) is 0 Å². The zero-order valence-corrected chi connectivity index (χ0v) is 11.2. The van der Waals surface area contributed by atoms with Gasteiger partial charge in [0.05, 0.1) is 18.8 Å². The Morgan fingerprint density at radius 3 is 2.53 bits per heavy atom. The van der Waals surface area contributed by atoms with Gasteiger partial charge in [-0.05, 0) is 26.7 Å². The molecule has 0 aromatic rings. The number of nitrogens with zero attached hydrogens (tertiary/aromatic N) is 1. The van der Waals surface area contributed by atoms with Gasteiger partial charge in [-0.2, -0.15) is 0 Å². The van der Waals surface area contributed by atoms with Crippen LogP contribution < -0.4 is 5.73 Å². The summed E-state index contributed by atoms with van der Waals surface area (Å²) >= 11 is 0. The minimum atomic E-state index is 0.176. The Morgan fingerprint density at radius 1 is 1.29 bits per heavy atom. The summed E-state index contributed by atoms with van der Waals surface area (Å²) in [4.78, 5) is 2.50. The topological polar surface area (TPSA) is 47.7 Å². The van der Waals surface area contributed by atoms with E-state index in [-0.39, 0.29) is 5.41 Å². The Morgan fingerprint density at radius 2 is 2.00 bits per heavy atom. The average Bonchev–Trinajstić information content (AvgIpc) is 2.29. The highest BCUT2D eigenvalue weighted by atomic mass is 16.5. The fourth-order valence-corrected chi connectivity index (χ4v) is 3.15. The van der Waals surface area contributed by atoms with Crippen molar-refractivity contribution in [3.63, 3.8) is 0 Å². The smallest absolute Gasteiger partial charge is 0.0678 e. The Bertz CT molecular complexity index is 232. The molecule has 2 aliphatic heterocycles. The van der Waals surface area contributed by atoms with Crippen molar-refractivity contribution in [1.82, 2.24) is 4.90 Å². The quantitative estimate of drug-likeness (QED) is 0.797. The molecule has 0 spiro atoms. The van der Waals surface area contributed by atoms with Crippen LogP contribution in [0.5, 0.6) is 0 Å². The van der Waals surface area contributed by atoms with Crippen LogP contribution in [0.15, 0.2) is 0 Å². The normalized spacial score (nSPS) is 40.4. The number of morpholine rings is 1. The van der Waals surface area contributed by atoms with Crippen molar-refractivity contribution in [2.75, 3.05) is 39.4 Å². The Hall–Kier alpha value is -0.160. The van der Waals surface area contributed by atoms with Crippen LogP contribution in [0, 0.1) is 5.41 Å². The third-order valence-electron chi connectivity index (χ3n) is 3.89. The van der Waals surface area contributed by atoms with Crippen LogP contribution in [0.1, 0.15) is 26.7 Å². The second-order valence-electron chi connectivity index (χ2n) is 5.81. The Balaban J connectivity index is 1.93. The van der Waals surface area contributed by atoms with E-state index in [0.717, 1.165) is 45.8 Å². The van der Waals surface area contributed by atoms with Gasteiger partial charge in [0, 0.05) is 38.2 Å². The predicted molar refractivity (Wildman–Crippen MR) is 68.0 cm³/mol. The van der Waals surface area contributed by atoms with E-state index in [2.05, 4.69) is 18.7 Å². The molecule has 1 unspecified atom stereocenters. The molecular weight excluding hydrogens is 216 g/mol. The van der Waals surface area contributed by atoms with Gasteiger partial charge in [-0.25, -0.2) is 0 Å². The predicted octanol–water partition coefficient (Wildman–Crippen LogP) is 0.851. The first kappa shape index (κ1) is 13.3. The van der Waals surface area contributed by atoms with E-state index in [9.17, 15) is 0 Å². The lowest BCUT2D eigenvalue weighted by molar-refractivity contribution is -0.0918. The maximum Gasteiger partial charge on any atom is 0.0678 e. The third-order valence-corrected chi connectivity index (χ3v) is 3.89. The van der Waals surface area contributed by atoms with Gasteiger partial charge in [0.15, 0.2) is 0 Å². The molecule has 2 fully saturated rings. The number of hydrogen-bond donors (Lipinski definition) is 1. The zero-order chi connectivity index (χ0) is 12.3. The van der Waals surface area contributed by atoms with Crippen LogP contribution in [0.25, 0.3) is 0 Å². The molecule has 0 aromatic carbocycles. The standard InChI is InChI=1S/C13H26N2O2/c1-11-6-15(7-12(2)17-11)9-13(8-14)4-3-5-16-10-13/h11-12H,3-10,14H2,1-2H3/t11-,12+,13?. The highest BCUT2D eigenvalue weighted by molar-refractivity contribution is 4.88. The summed E-state index contributed by atoms with van der Waals surface area (Å²) in [5.74, 6) is 0. The first-order chi connectivity index (χ1) is 8.13. The van der Waals surface area contributed by atoms with Gasteiger partial charge in [0.25, 0.3) is 0 Å². The van der Waals surface area contributed by atoms with Gasteiger partial charge in [-0.1, -0.05) is 0 Å². The molecule has 0 bridgehead atoms. The summed E-state index contributed by atoms with van der Waals surface area (Å²) in [6.07, 6.45) is 3.01. The number of hydrogen-bond acceptors (Lipinski definition) is 4. The second kappa shape index (κ2) is 5.65. The largest absolute Gasteiger partial charge is 0.381 e. The third kappa shape index (κ3) is 3.41. The van der Waals surface area contributed by atoms with Crippen LogP contribution in [0.3, 0.4) is 0 Å². The van der Waals surface area contributed by atoms with E-state index in [4.69, 9.17) is 15.2 Å². The molecule has 100 valence electrons. The summed E-state index contributed by atoms with van der Waals surface area (Å²) in [5, 5.41) is 0. The highest BCUT2D eigenvalue weighted by Crippen LogP contribution is 2.29. The minimum Gasteiger partial charge on any atom is -0.381 e. The van der Waals surface area contributed by atoms with E-state index in [1.807, 2.05) is 0 Å². The first-order valence-corrected chi connectivity index (χ1v) is 6.79. The number of rotatable bonds is 3. The zero-order valence-electron chi connectivity index (χ0n) is 11.2. The van der Waals surface area contributed by atoms with Crippen molar-refractivity contribution in [1.29, 1.82) is 0 Å². The molecule has 2 heterocycles. The highest BCUT2D eigenvalue weighted by Gasteiger charge is 2.35. The minimum absolute atomic E-state index is 0.176. The summed E-state index contributed by atoms with van der Waals surface area (Å²) in [5.41, 5.74) is 6.16. The fraction of sp³-hybridized carbons (Fsp3) is 1.00. The lowest BCUT2D eigenvalue weighted by Gasteiger charge is -2.43. The molecule has 2 rings (SSSR count). The Kier molecular flexibility index (Phi) is 4.42. The molecular formula is C13H26N2O2. The van der Waals surface area contributed by atoms with E-state index < -0.39 is 0 Å². The van der Waals surface area contributed by atoms with Gasteiger partial charge in [-0.3, -0.25) is 4.90 Å². The molecule has 0 aliphatic carbocycles. The van der Waals surface area contributed by atoms with Gasteiger partial charge >= 0.3 is 0 Å². The SMILES string of the molecule is C[C@@H]1CN(CC2(CN)CCCOC2)C[C@H](C)O1. The van der Waals surface area contributed by atoms with Crippen molar-refractivity contribution < 1.29 is 9.47 Å². The van der Waals surface area contributed by atoms with Crippen molar-refractivity contribution in [2.24, 2.45) is 11.1 Å². The monoisotopic (exact) mass is 242 g/mol. The number of ether oxygens (including phenoxy) is 2. The summed E-state index contributed by atoms with van der Waals surface area (Å²) < 4.78 is 11.4. The lowest BCUT2D eigenvalue weighted by atomic mass is 9.82. The van der Waals surface area contributed by atoms with E-state index in [1.54, 1.807) is 0 Å². The van der Waals surface area contributed by atoms with Crippen molar-refractivity contribution >= 4 is 0 Å². The molecule has 3 atom stereocenters. The molecule has 4 heteroatoms. The van der Waals surface area contributed by atoms with Crippen LogP contribution in [-0.2, 0) is 9.47 Å². The van der Waals surface area contributed by atoms with Gasteiger partial charge < -0.3 is 15.2 Å². The first-order valence-electron chi connectivity index (χ1n) is 6.79. The average molecular weight is 242 g/mol. The molecule has 0 saturated carbocycles.